The number of nitrogen functional groups attached to an aromatic ring is 1. The van der Waals surface area contributed by atoms with Gasteiger partial charge in [-0.15, -0.1) is 0 Å². The minimum atomic E-state index is -3.61. The van der Waals surface area contributed by atoms with E-state index in [9.17, 15) is 8.42 Å². The molecule has 0 saturated carbocycles. The summed E-state index contributed by atoms with van der Waals surface area (Å²) in [4.78, 5) is 6.21. The number of anilines is 2. The summed E-state index contributed by atoms with van der Waals surface area (Å²) in [6.45, 7) is 1.78. The number of aromatic amines is 1. The maximum atomic E-state index is 11.9. The van der Waals surface area contributed by atoms with Gasteiger partial charge in [-0.1, -0.05) is 0 Å². The van der Waals surface area contributed by atoms with Crippen molar-refractivity contribution in [2.24, 2.45) is 0 Å². The van der Waals surface area contributed by atoms with Crippen LogP contribution in [0.25, 0.3) is 0 Å². The summed E-state index contributed by atoms with van der Waals surface area (Å²) in [7, 11) is -3.61. The summed E-state index contributed by atoms with van der Waals surface area (Å²) in [6.07, 6.45) is 2.55. The van der Waals surface area contributed by atoms with Crippen LogP contribution in [0.5, 0.6) is 0 Å². The summed E-state index contributed by atoms with van der Waals surface area (Å²) in [5, 5.41) is 0.0220. The first-order chi connectivity index (χ1) is 7.99. The van der Waals surface area contributed by atoms with E-state index in [-0.39, 0.29) is 5.03 Å². The van der Waals surface area contributed by atoms with Gasteiger partial charge in [0, 0.05) is 5.69 Å². The van der Waals surface area contributed by atoms with E-state index >= 15 is 0 Å². The van der Waals surface area contributed by atoms with Crippen molar-refractivity contribution < 1.29 is 8.42 Å². The van der Waals surface area contributed by atoms with E-state index in [0.29, 0.717) is 11.4 Å². The van der Waals surface area contributed by atoms with Crippen LogP contribution in [0.2, 0.25) is 0 Å². The van der Waals surface area contributed by atoms with E-state index in [2.05, 4.69) is 14.7 Å². The van der Waals surface area contributed by atoms with Gasteiger partial charge in [0.25, 0.3) is 10.0 Å². The molecule has 17 heavy (non-hydrogen) atoms. The quantitative estimate of drug-likeness (QED) is 0.712. The summed E-state index contributed by atoms with van der Waals surface area (Å²) in [5.74, 6) is 0. The Morgan fingerprint density at radius 2 is 2.18 bits per heavy atom. The third kappa shape index (κ3) is 2.39. The molecular weight excluding hydrogens is 240 g/mol. The highest BCUT2D eigenvalue weighted by atomic mass is 32.2. The fraction of sp³-hybridized carbons (Fsp3) is 0.100. The summed E-state index contributed by atoms with van der Waals surface area (Å²) >= 11 is 0. The monoisotopic (exact) mass is 252 g/mol. The van der Waals surface area contributed by atoms with Crippen LogP contribution < -0.4 is 10.5 Å². The maximum absolute atomic E-state index is 11.9. The molecule has 0 aliphatic carbocycles. The molecule has 6 nitrogen and oxygen atoms in total. The van der Waals surface area contributed by atoms with Crippen molar-refractivity contribution in [3.8, 4) is 0 Å². The number of nitrogens with one attached hydrogen (secondary N) is 2. The number of benzene rings is 1. The normalized spacial score (nSPS) is 11.4. The summed E-state index contributed by atoms with van der Waals surface area (Å²) < 4.78 is 26.2. The molecule has 0 amide bonds. The highest BCUT2D eigenvalue weighted by Crippen LogP contribution is 2.20. The first-order valence-corrected chi connectivity index (χ1v) is 6.35. The van der Waals surface area contributed by atoms with Gasteiger partial charge in [-0.2, -0.15) is 8.42 Å². The topological polar surface area (TPSA) is 101 Å². The van der Waals surface area contributed by atoms with E-state index in [4.69, 9.17) is 5.73 Å². The van der Waals surface area contributed by atoms with Crippen molar-refractivity contribution in [2.45, 2.75) is 11.9 Å². The van der Waals surface area contributed by atoms with E-state index in [1.54, 1.807) is 25.1 Å². The molecule has 0 aliphatic rings. The lowest BCUT2D eigenvalue weighted by Crippen LogP contribution is -2.14. The lowest BCUT2D eigenvalue weighted by Gasteiger charge is -2.09. The molecule has 2 rings (SSSR count). The highest BCUT2D eigenvalue weighted by Gasteiger charge is 2.16. The average molecular weight is 252 g/mol. The van der Waals surface area contributed by atoms with E-state index in [0.717, 1.165) is 5.56 Å². The number of rotatable bonds is 3. The Labute approximate surface area is 98.9 Å². The second-order valence-corrected chi connectivity index (χ2v) is 5.25. The van der Waals surface area contributed by atoms with E-state index in [1.807, 2.05) is 0 Å². The van der Waals surface area contributed by atoms with Gasteiger partial charge in [0.2, 0.25) is 0 Å². The number of sulfonamides is 1. The van der Waals surface area contributed by atoms with Crippen LogP contribution in [-0.4, -0.2) is 18.4 Å². The number of hydrogen-bond donors (Lipinski definition) is 3. The van der Waals surface area contributed by atoms with Gasteiger partial charge in [0.05, 0.1) is 18.2 Å². The Kier molecular flexibility index (Phi) is 2.76. The molecule has 1 heterocycles. The molecule has 0 unspecified atom stereocenters. The lowest BCUT2D eigenvalue weighted by atomic mass is 10.2. The SMILES string of the molecule is Cc1cc(N)ccc1NS(=O)(=O)c1cnc[nH]1. The zero-order chi connectivity index (χ0) is 12.5. The Hall–Kier alpha value is -2.02. The Balaban J connectivity index is 2.33. The van der Waals surface area contributed by atoms with Gasteiger partial charge >= 0.3 is 0 Å². The number of aryl methyl sites for hydroxylation is 1. The van der Waals surface area contributed by atoms with Crippen LogP contribution in [0.15, 0.2) is 35.7 Å². The number of nitrogens with two attached hydrogens (primary N) is 1. The van der Waals surface area contributed by atoms with Crippen LogP contribution in [0.3, 0.4) is 0 Å². The Morgan fingerprint density at radius 3 is 2.76 bits per heavy atom. The number of H-pyrrole nitrogens is 1. The first kappa shape index (κ1) is 11.5. The molecule has 0 atom stereocenters. The predicted octanol–water partition coefficient (Wildman–Crippen LogP) is 1.10. The van der Waals surface area contributed by atoms with Crippen LogP contribution in [0, 0.1) is 6.92 Å². The fourth-order valence-electron chi connectivity index (χ4n) is 1.39. The van der Waals surface area contributed by atoms with Crippen molar-refractivity contribution in [2.75, 3.05) is 10.5 Å². The smallest absolute Gasteiger partial charge is 0.278 e. The van der Waals surface area contributed by atoms with Crippen molar-refractivity contribution >= 4 is 21.4 Å². The molecule has 4 N–H and O–H groups in total. The molecule has 0 radical (unpaired) electrons. The zero-order valence-corrected chi connectivity index (χ0v) is 9.95. The highest BCUT2D eigenvalue weighted by molar-refractivity contribution is 7.92. The standard InChI is InChI=1S/C10H12N4O2S/c1-7-4-8(11)2-3-9(7)14-17(15,16)10-5-12-6-13-10/h2-6,14H,11H2,1H3,(H,12,13). The Bertz CT molecular complexity index is 620. The van der Waals surface area contributed by atoms with E-state index < -0.39 is 10.0 Å². The van der Waals surface area contributed by atoms with Gasteiger partial charge in [0.15, 0.2) is 5.03 Å². The molecule has 2 aromatic rings. The van der Waals surface area contributed by atoms with Crippen LogP contribution >= 0.6 is 0 Å². The van der Waals surface area contributed by atoms with Crippen molar-refractivity contribution in [1.29, 1.82) is 0 Å². The molecule has 0 fully saturated rings. The van der Waals surface area contributed by atoms with Gasteiger partial charge in [-0.3, -0.25) is 4.72 Å². The van der Waals surface area contributed by atoms with Gasteiger partial charge in [-0.25, -0.2) is 4.98 Å². The average Bonchev–Trinajstić information content (AvgIpc) is 2.76. The molecule has 0 saturated heterocycles. The second-order valence-electron chi connectivity index (χ2n) is 3.60. The zero-order valence-electron chi connectivity index (χ0n) is 9.14. The van der Waals surface area contributed by atoms with Gasteiger partial charge in [-0.05, 0) is 30.7 Å². The van der Waals surface area contributed by atoms with Crippen molar-refractivity contribution in [3.63, 3.8) is 0 Å². The van der Waals surface area contributed by atoms with E-state index in [1.165, 1.54) is 12.5 Å². The number of nitrogens with zero attached hydrogens (tertiary/aromatic N) is 1. The van der Waals surface area contributed by atoms with Crippen LogP contribution in [0.4, 0.5) is 11.4 Å². The molecule has 7 heteroatoms. The summed E-state index contributed by atoms with van der Waals surface area (Å²) in [5.41, 5.74) is 7.43. The number of hydrogen-bond acceptors (Lipinski definition) is 4. The third-order valence-electron chi connectivity index (χ3n) is 2.26. The molecule has 0 aliphatic heterocycles. The maximum Gasteiger partial charge on any atom is 0.278 e. The largest absolute Gasteiger partial charge is 0.399 e. The predicted molar refractivity (Wildman–Crippen MR) is 65.0 cm³/mol. The minimum Gasteiger partial charge on any atom is -0.399 e. The molecular formula is C10H12N4O2S. The Morgan fingerprint density at radius 1 is 1.41 bits per heavy atom. The molecule has 1 aromatic carbocycles. The molecule has 90 valence electrons. The third-order valence-corrected chi connectivity index (χ3v) is 3.55. The fourth-order valence-corrected chi connectivity index (χ4v) is 2.43. The van der Waals surface area contributed by atoms with Crippen molar-refractivity contribution in [3.05, 3.63) is 36.3 Å². The van der Waals surface area contributed by atoms with Gasteiger partial charge in [0.1, 0.15) is 0 Å². The number of aromatic nitrogens is 2. The molecule has 1 aromatic heterocycles. The van der Waals surface area contributed by atoms with Crippen molar-refractivity contribution in [1.82, 2.24) is 9.97 Å². The minimum absolute atomic E-state index is 0.0220. The summed E-state index contributed by atoms with van der Waals surface area (Å²) in [6, 6.07) is 4.96. The molecule has 0 bridgehead atoms. The first-order valence-electron chi connectivity index (χ1n) is 4.86. The lowest BCUT2D eigenvalue weighted by molar-refractivity contribution is 0.598. The van der Waals surface area contributed by atoms with Gasteiger partial charge < -0.3 is 10.7 Å². The number of imidazole rings is 1. The van der Waals surface area contributed by atoms with Crippen LogP contribution in [0.1, 0.15) is 5.56 Å². The second kappa shape index (κ2) is 4.10. The van der Waals surface area contributed by atoms with Crippen LogP contribution in [-0.2, 0) is 10.0 Å². The molecule has 0 spiro atoms.